The first-order chi connectivity index (χ1) is 15.6. The van der Waals surface area contributed by atoms with Crippen LogP contribution < -0.4 is 22.1 Å². The molecule has 3 atom stereocenters. The third-order valence-corrected chi connectivity index (χ3v) is 5.27. The molecule has 0 radical (unpaired) electrons. The monoisotopic (exact) mass is 463 g/mol. The number of phenolic OH excluding ortho intramolecular Hbond substituents is 1. The second-order valence-corrected chi connectivity index (χ2v) is 7.84. The number of primary amides is 1. The van der Waals surface area contributed by atoms with E-state index < -0.39 is 54.3 Å². The summed E-state index contributed by atoms with van der Waals surface area (Å²) in [5.74, 6) is -3.65. The lowest BCUT2D eigenvalue weighted by molar-refractivity contribution is -0.141. The molecule has 180 valence electrons. The molecule has 12 heteroatoms. The van der Waals surface area contributed by atoms with Gasteiger partial charge < -0.3 is 37.2 Å². The number of hydrogen-bond donors (Lipinski definition) is 6. The number of rotatable bonds is 11. The van der Waals surface area contributed by atoms with Crippen LogP contribution in [-0.4, -0.2) is 75.9 Å². The van der Waals surface area contributed by atoms with Gasteiger partial charge >= 0.3 is 5.97 Å². The van der Waals surface area contributed by atoms with E-state index in [-0.39, 0.29) is 25.0 Å². The van der Waals surface area contributed by atoms with Gasteiger partial charge in [-0.3, -0.25) is 24.0 Å². The van der Waals surface area contributed by atoms with Crippen molar-refractivity contribution in [3.05, 3.63) is 29.8 Å². The van der Waals surface area contributed by atoms with Gasteiger partial charge in [-0.25, -0.2) is 0 Å². The lowest BCUT2D eigenvalue weighted by Gasteiger charge is -2.28. The number of benzene rings is 1. The molecule has 1 fully saturated rings. The number of aliphatic carboxylic acids is 1. The number of aromatic hydroxyl groups is 1. The quantitative estimate of drug-likeness (QED) is 0.220. The highest BCUT2D eigenvalue weighted by atomic mass is 16.4. The van der Waals surface area contributed by atoms with Crippen molar-refractivity contribution in [1.29, 1.82) is 0 Å². The minimum atomic E-state index is -1.27. The first kappa shape index (κ1) is 25.6. The van der Waals surface area contributed by atoms with E-state index in [0.29, 0.717) is 19.4 Å². The van der Waals surface area contributed by atoms with Gasteiger partial charge in [0.15, 0.2) is 0 Å². The van der Waals surface area contributed by atoms with E-state index in [0.717, 1.165) is 5.56 Å². The van der Waals surface area contributed by atoms with Gasteiger partial charge in [0.05, 0.1) is 6.04 Å². The Labute approximate surface area is 190 Å². The van der Waals surface area contributed by atoms with E-state index >= 15 is 0 Å². The minimum Gasteiger partial charge on any atom is -0.508 e. The van der Waals surface area contributed by atoms with Crippen molar-refractivity contribution in [3.63, 3.8) is 0 Å². The molecule has 0 aliphatic carbocycles. The first-order valence-electron chi connectivity index (χ1n) is 10.5. The molecule has 12 nitrogen and oxygen atoms in total. The van der Waals surface area contributed by atoms with Crippen LogP contribution in [0.2, 0.25) is 0 Å². The number of nitrogens with zero attached hydrogens (tertiary/aromatic N) is 1. The maximum atomic E-state index is 12.9. The Morgan fingerprint density at radius 1 is 1.15 bits per heavy atom. The smallest absolute Gasteiger partial charge is 0.322 e. The molecule has 1 aliphatic heterocycles. The Balaban J connectivity index is 2.04. The number of amides is 4. The zero-order chi connectivity index (χ0) is 24.5. The molecule has 2 rings (SSSR count). The van der Waals surface area contributed by atoms with Crippen LogP contribution in [0.1, 0.15) is 31.2 Å². The van der Waals surface area contributed by atoms with Gasteiger partial charge in [0.2, 0.25) is 23.6 Å². The van der Waals surface area contributed by atoms with Gasteiger partial charge in [0.1, 0.15) is 24.4 Å². The molecule has 1 heterocycles. The predicted molar refractivity (Wildman–Crippen MR) is 116 cm³/mol. The number of carbonyl (C=O) groups is 5. The van der Waals surface area contributed by atoms with E-state index in [1.165, 1.54) is 17.0 Å². The summed E-state index contributed by atoms with van der Waals surface area (Å²) >= 11 is 0. The maximum Gasteiger partial charge on any atom is 0.322 e. The van der Waals surface area contributed by atoms with Crippen molar-refractivity contribution in [3.8, 4) is 5.75 Å². The van der Waals surface area contributed by atoms with Crippen LogP contribution in [0.4, 0.5) is 0 Å². The fourth-order valence-corrected chi connectivity index (χ4v) is 3.60. The first-order valence-corrected chi connectivity index (χ1v) is 10.5. The standard InChI is InChI=1S/C21H29N5O7/c22-14(10-12-3-5-13(27)6-4-12)21(33)26-9-1-2-16(26)20(32)25-15(7-8-17(23)28)19(31)24-11-18(29)30/h3-6,14-16,27H,1-2,7-11,22H2,(H2,23,28)(H,24,31)(H,25,32)(H,29,30). The van der Waals surface area contributed by atoms with E-state index in [1.807, 2.05) is 0 Å². The highest BCUT2D eigenvalue weighted by Crippen LogP contribution is 2.20. The molecule has 1 aromatic carbocycles. The van der Waals surface area contributed by atoms with Gasteiger partial charge in [0.25, 0.3) is 0 Å². The average molecular weight is 463 g/mol. The molecule has 8 N–H and O–H groups in total. The van der Waals surface area contributed by atoms with Gasteiger partial charge in [-0.1, -0.05) is 12.1 Å². The molecule has 3 unspecified atom stereocenters. The van der Waals surface area contributed by atoms with Crippen molar-refractivity contribution >= 4 is 29.6 Å². The summed E-state index contributed by atoms with van der Waals surface area (Å²) in [4.78, 5) is 61.3. The van der Waals surface area contributed by atoms with Crippen molar-refractivity contribution in [1.82, 2.24) is 15.5 Å². The van der Waals surface area contributed by atoms with Crippen molar-refractivity contribution < 1.29 is 34.2 Å². The summed E-state index contributed by atoms with van der Waals surface area (Å²) < 4.78 is 0. The number of phenols is 1. The predicted octanol–water partition coefficient (Wildman–Crippen LogP) is -1.80. The Hall–Kier alpha value is -3.67. The molecule has 4 amide bonds. The molecule has 0 saturated carbocycles. The third kappa shape index (κ3) is 7.75. The van der Waals surface area contributed by atoms with E-state index in [4.69, 9.17) is 16.6 Å². The molecule has 1 saturated heterocycles. The molecule has 0 aromatic heterocycles. The fourth-order valence-electron chi connectivity index (χ4n) is 3.60. The van der Waals surface area contributed by atoms with Crippen LogP contribution in [0, 0.1) is 0 Å². The molecular formula is C21H29N5O7. The number of carbonyl (C=O) groups excluding carboxylic acids is 4. The largest absolute Gasteiger partial charge is 0.508 e. The molecule has 1 aromatic rings. The molecule has 1 aliphatic rings. The second-order valence-electron chi connectivity index (χ2n) is 7.84. The zero-order valence-corrected chi connectivity index (χ0v) is 18.0. The Bertz CT molecular complexity index is 889. The summed E-state index contributed by atoms with van der Waals surface area (Å²) in [5.41, 5.74) is 11.9. The minimum absolute atomic E-state index is 0.0909. The van der Waals surface area contributed by atoms with Crippen LogP contribution in [0.25, 0.3) is 0 Å². The molecule has 0 bridgehead atoms. The number of hydrogen-bond acceptors (Lipinski definition) is 7. The summed E-state index contributed by atoms with van der Waals surface area (Å²) in [7, 11) is 0. The average Bonchev–Trinajstić information content (AvgIpc) is 3.25. The van der Waals surface area contributed by atoms with E-state index in [2.05, 4.69) is 10.6 Å². The highest BCUT2D eigenvalue weighted by molar-refractivity contribution is 5.94. The summed E-state index contributed by atoms with van der Waals surface area (Å²) in [6, 6.07) is 3.32. The van der Waals surface area contributed by atoms with Gasteiger partial charge in [-0.05, 0) is 43.4 Å². The SMILES string of the molecule is NC(=O)CCC(NC(=O)C1CCCN1C(=O)C(N)Cc1ccc(O)cc1)C(=O)NCC(=O)O. The Morgan fingerprint density at radius 3 is 2.42 bits per heavy atom. The van der Waals surface area contributed by atoms with Crippen LogP contribution in [0.5, 0.6) is 5.75 Å². The fraction of sp³-hybridized carbons (Fsp3) is 0.476. The number of nitrogens with two attached hydrogens (primary N) is 2. The van der Waals surface area contributed by atoms with Crippen LogP contribution in [0.15, 0.2) is 24.3 Å². The lowest BCUT2D eigenvalue weighted by Crippen LogP contribution is -2.55. The molecular weight excluding hydrogens is 434 g/mol. The number of likely N-dealkylation sites (tertiary alicyclic amines) is 1. The number of carboxylic acid groups (broad SMARTS) is 1. The Morgan fingerprint density at radius 2 is 1.82 bits per heavy atom. The van der Waals surface area contributed by atoms with Crippen molar-refractivity contribution in [2.75, 3.05) is 13.1 Å². The highest BCUT2D eigenvalue weighted by Gasteiger charge is 2.37. The van der Waals surface area contributed by atoms with Crippen molar-refractivity contribution in [2.45, 2.75) is 50.2 Å². The van der Waals surface area contributed by atoms with Crippen molar-refractivity contribution in [2.24, 2.45) is 11.5 Å². The number of nitrogens with one attached hydrogen (secondary N) is 2. The normalized spacial score (nSPS) is 17.1. The van der Waals surface area contributed by atoms with E-state index in [1.54, 1.807) is 12.1 Å². The van der Waals surface area contributed by atoms with Gasteiger partial charge in [-0.15, -0.1) is 0 Å². The van der Waals surface area contributed by atoms with Gasteiger partial charge in [0, 0.05) is 13.0 Å². The topological polar surface area (TPSA) is 205 Å². The van der Waals surface area contributed by atoms with Crippen LogP contribution in [-0.2, 0) is 30.4 Å². The molecule has 33 heavy (non-hydrogen) atoms. The summed E-state index contributed by atoms with van der Waals surface area (Å²) in [6.45, 7) is -0.334. The lowest BCUT2D eigenvalue weighted by atomic mass is 10.0. The Kier molecular flexibility index (Phi) is 9.16. The third-order valence-electron chi connectivity index (χ3n) is 5.27. The van der Waals surface area contributed by atoms with Crippen LogP contribution in [0.3, 0.4) is 0 Å². The van der Waals surface area contributed by atoms with Gasteiger partial charge in [-0.2, -0.15) is 0 Å². The summed E-state index contributed by atoms with van der Waals surface area (Å²) in [5, 5.41) is 22.8. The molecule has 0 spiro atoms. The summed E-state index contributed by atoms with van der Waals surface area (Å²) in [6.07, 6.45) is 0.822. The second kappa shape index (κ2) is 11.8. The zero-order valence-electron chi connectivity index (χ0n) is 18.0. The van der Waals surface area contributed by atoms with E-state index in [9.17, 15) is 29.1 Å². The number of carboxylic acids is 1. The van der Waals surface area contributed by atoms with Crippen LogP contribution >= 0.6 is 0 Å². The maximum absolute atomic E-state index is 12.9.